The number of hydrogen-bond acceptors (Lipinski definition) is 4. The van der Waals surface area contributed by atoms with Crippen LogP contribution in [-0.2, 0) is 14.3 Å². The molecule has 0 N–H and O–H groups in total. The largest absolute Gasteiger partial charge is 0.402 e. The van der Waals surface area contributed by atoms with Crippen LogP contribution >= 0.6 is 0 Å². The summed E-state index contributed by atoms with van der Waals surface area (Å²) in [5, 5.41) is 0. The molecule has 1 fully saturated rings. The zero-order chi connectivity index (χ0) is 17.2. The molecule has 2 aliphatic heterocycles. The van der Waals surface area contributed by atoms with Crippen LogP contribution in [0.5, 0.6) is 0 Å². The molecule has 2 aromatic carbocycles. The van der Waals surface area contributed by atoms with Crippen LogP contribution < -0.4 is 4.90 Å². The molecule has 0 saturated carbocycles. The van der Waals surface area contributed by atoms with Crippen LogP contribution in [0, 0.1) is 0 Å². The number of carbonyl (C=O) groups excluding carboxylic acids is 2. The highest BCUT2D eigenvalue weighted by atomic mass is 16.6. The molecule has 1 saturated heterocycles. The first-order valence-corrected chi connectivity index (χ1v) is 8.19. The molecule has 1 amide bonds. The second-order valence-electron chi connectivity index (χ2n) is 5.94. The van der Waals surface area contributed by atoms with Crippen molar-refractivity contribution >= 4 is 29.5 Å². The van der Waals surface area contributed by atoms with Gasteiger partial charge in [0.1, 0.15) is 0 Å². The summed E-state index contributed by atoms with van der Waals surface area (Å²) in [6, 6.07) is 16.9. The zero-order valence-electron chi connectivity index (χ0n) is 13.5. The van der Waals surface area contributed by atoms with E-state index < -0.39 is 5.97 Å². The van der Waals surface area contributed by atoms with Crippen LogP contribution in [0.25, 0.3) is 6.08 Å². The molecule has 5 nitrogen and oxygen atoms in total. The van der Waals surface area contributed by atoms with Crippen molar-refractivity contribution in [2.24, 2.45) is 4.99 Å². The first-order chi connectivity index (χ1) is 12.2. The van der Waals surface area contributed by atoms with Crippen molar-refractivity contribution < 1.29 is 14.3 Å². The SMILES string of the molecule is O=C1OC(c2ccc(N3CCCC3=O)cc2)=NC1=Cc1ccccc1. The molecule has 0 radical (unpaired) electrons. The van der Waals surface area contributed by atoms with Gasteiger partial charge in [-0.25, -0.2) is 9.79 Å². The van der Waals surface area contributed by atoms with Gasteiger partial charge in [-0.2, -0.15) is 0 Å². The van der Waals surface area contributed by atoms with Gasteiger partial charge in [-0.15, -0.1) is 0 Å². The Morgan fingerprint density at radius 3 is 2.44 bits per heavy atom. The third kappa shape index (κ3) is 3.08. The number of carbonyl (C=O) groups is 2. The van der Waals surface area contributed by atoms with Crippen LogP contribution in [0.15, 0.2) is 65.3 Å². The molecule has 0 bridgehead atoms. The van der Waals surface area contributed by atoms with Gasteiger partial charge in [0.15, 0.2) is 5.70 Å². The zero-order valence-corrected chi connectivity index (χ0v) is 13.5. The lowest BCUT2D eigenvalue weighted by atomic mass is 10.2. The van der Waals surface area contributed by atoms with Gasteiger partial charge in [0.05, 0.1) is 0 Å². The van der Waals surface area contributed by atoms with E-state index >= 15 is 0 Å². The van der Waals surface area contributed by atoms with Crippen LogP contribution in [0.2, 0.25) is 0 Å². The van der Waals surface area contributed by atoms with Gasteiger partial charge >= 0.3 is 5.97 Å². The van der Waals surface area contributed by atoms with Crippen LogP contribution in [-0.4, -0.2) is 24.3 Å². The number of hydrogen-bond donors (Lipinski definition) is 0. The molecule has 2 aromatic rings. The van der Waals surface area contributed by atoms with Gasteiger partial charge in [-0.05, 0) is 42.3 Å². The molecular formula is C20H16N2O3. The number of aliphatic imine (C=N–C) groups is 1. The monoisotopic (exact) mass is 332 g/mol. The fraction of sp³-hybridized carbons (Fsp3) is 0.150. The molecule has 2 aliphatic rings. The second kappa shape index (κ2) is 6.36. The summed E-state index contributed by atoms with van der Waals surface area (Å²) >= 11 is 0. The molecule has 5 heteroatoms. The lowest BCUT2D eigenvalue weighted by Crippen LogP contribution is -2.23. The fourth-order valence-corrected chi connectivity index (χ4v) is 2.94. The molecule has 4 rings (SSSR count). The lowest BCUT2D eigenvalue weighted by molar-refractivity contribution is -0.130. The summed E-state index contributed by atoms with van der Waals surface area (Å²) in [5.41, 5.74) is 2.73. The Morgan fingerprint density at radius 1 is 1.00 bits per heavy atom. The number of nitrogens with zero attached hydrogens (tertiary/aromatic N) is 2. The van der Waals surface area contributed by atoms with E-state index in [0.717, 1.165) is 24.2 Å². The van der Waals surface area contributed by atoms with Crippen molar-refractivity contribution in [1.82, 2.24) is 0 Å². The number of cyclic esters (lactones) is 1. The number of esters is 1. The average Bonchev–Trinajstić information content (AvgIpc) is 3.22. The summed E-state index contributed by atoms with van der Waals surface area (Å²) in [7, 11) is 0. The topological polar surface area (TPSA) is 59.0 Å². The number of rotatable bonds is 3. The molecule has 0 atom stereocenters. The minimum Gasteiger partial charge on any atom is -0.402 e. The molecule has 124 valence electrons. The summed E-state index contributed by atoms with van der Waals surface area (Å²) in [6.45, 7) is 0.748. The number of anilines is 1. The summed E-state index contributed by atoms with van der Waals surface area (Å²) in [4.78, 5) is 29.9. The molecule has 0 unspecified atom stereocenters. The Morgan fingerprint density at radius 2 is 1.76 bits per heavy atom. The third-order valence-corrected chi connectivity index (χ3v) is 4.22. The lowest BCUT2D eigenvalue weighted by Gasteiger charge is -2.15. The number of benzene rings is 2. The van der Waals surface area contributed by atoms with E-state index in [1.54, 1.807) is 11.0 Å². The first-order valence-electron chi connectivity index (χ1n) is 8.19. The van der Waals surface area contributed by atoms with Gasteiger partial charge in [-0.3, -0.25) is 4.79 Å². The highest BCUT2D eigenvalue weighted by Gasteiger charge is 2.25. The minimum absolute atomic E-state index is 0.144. The van der Waals surface area contributed by atoms with E-state index in [0.29, 0.717) is 12.0 Å². The minimum atomic E-state index is -0.461. The summed E-state index contributed by atoms with van der Waals surface area (Å²) < 4.78 is 5.28. The van der Waals surface area contributed by atoms with Crippen molar-refractivity contribution in [2.75, 3.05) is 11.4 Å². The van der Waals surface area contributed by atoms with Crippen LogP contribution in [0.4, 0.5) is 5.69 Å². The van der Waals surface area contributed by atoms with Gasteiger partial charge in [0, 0.05) is 24.2 Å². The molecule has 0 aromatic heterocycles. The van der Waals surface area contributed by atoms with Crippen LogP contribution in [0.3, 0.4) is 0 Å². The van der Waals surface area contributed by atoms with E-state index in [9.17, 15) is 9.59 Å². The maximum Gasteiger partial charge on any atom is 0.363 e. The maximum atomic E-state index is 12.0. The molecular weight excluding hydrogens is 316 g/mol. The predicted octanol–water partition coefficient (Wildman–Crippen LogP) is 3.16. The van der Waals surface area contributed by atoms with Gasteiger partial charge in [0.25, 0.3) is 0 Å². The maximum absolute atomic E-state index is 12.0. The molecule has 2 heterocycles. The van der Waals surface area contributed by atoms with E-state index in [2.05, 4.69) is 4.99 Å². The normalized spacial score (nSPS) is 18.6. The Hall–Kier alpha value is -3.21. The smallest absolute Gasteiger partial charge is 0.363 e. The van der Waals surface area contributed by atoms with Crippen molar-refractivity contribution in [3.63, 3.8) is 0 Å². The summed E-state index contributed by atoms with van der Waals surface area (Å²) in [6.07, 6.45) is 3.19. The van der Waals surface area contributed by atoms with Crippen molar-refractivity contribution in [2.45, 2.75) is 12.8 Å². The van der Waals surface area contributed by atoms with E-state index in [1.807, 2.05) is 54.6 Å². The fourth-order valence-electron chi connectivity index (χ4n) is 2.94. The van der Waals surface area contributed by atoms with E-state index in [4.69, 9.17) is 4.74 Å². The Balaban J connectivity index is 1.58. The number of ether oxygens (including phenoxy) is 1. The van der Waals surface area contributed by atoms with Crippen molar-refractivity contribution in [3.8, 4) is 0 Å². The van der Waals surface area contributed by atoms with Gasteiger partial charge < -0.3 is 9.64 Å². The molecule has 25 heavy (non-hydrogen) atoms. The second-order valence-corrected chi connectivity index (χ2v) is 5.94. The first kappa shape index (κ1) is 15.3. The Labute approximate surface area is 145 Å². The highest BCUT2D eigenvalue weighted by molar-refractivity contribution is 6.13. The summed E-state index contributed by atoms with van der Waals surface area (Å²) in [5.74, 6) is -0.0328. The van der Waals surface area contributed by atoms with E-state index in [-0.39, 0.29) is 17.5 Å². The Bertz CT molecular complexity index is 883. The average molecular weight is 332 g/mol. The van der Waals surface area contributed by atoms with Crippen LogP contribution in [0.1, 0.15) is 24.0 Å². The van der Waals surface area contributed by atoms with Crippen molar-refractivity contribution in [3.05, 3.63) is 71.4 Å². The highest BCUT2D eigenvalue weighted by Crippen LogP contribution is 2.24. The molecule has 0 spiro atoms. The quantitative estimate of drug-likeness (QED) is 0.641. The standard InChI is InChI=1S/C20H16N2O3/c23-18-7-4-12-22(18)16-10-8-15(9-11-16)19-21-17(20(24)25-19)13-14-5-2-1-3-6-14/h1-3,5-6,8-11,13H,4,7,12H2. The van der Waals surface area contributed by atoms with E-state index in [1.165, 1.54) is 0 Å². The number of amides is 1. The predicted molar refractivity (Wildman–Crippen MR) is 95.1 cm³/mol. The van der Waals surface area contributed by atoms with Crippen molar-refractivity contribution in [1.29, 1.82) is 0 Å². The van der Waals surface area contributed by atoms with Gasteiger partial charge in [0.2, 0.25) is 11.8 Å². The molecule has 0 aliphatic carbocycles. The third-order valence-electron chi connectivity index (χ3n) is 4.22. The van der Waals surface area contributed by atoms with Gasteiger partial charge in [-0.1, -0.05) is 30.3 Å². The Kier molecular flexibility index (Phi) is 3.90.